The molecule has 35 heavy (non-hydrogen) atoms. The van der Waals surface area contributed by atoms with Crippen molar-refractivity contribution in [3.63, 3.8) is 0 Å². The fourth-order valence-electron chi connectivity index (χ4n) is 3.96. The van der Waals surface area contributed by atoms with Crippen LogP contribution in [-0.4, -0.2) is 38.5 Å². The highest BCUT2D eigenvalue weighted by Crippen LogP contribution is 2.50. The first-order valence-electron chi connectivity index (χ1n) is 11.2. The molecule has 180 valence electrons. The predicted octanol–water partition coefficient (Wildman–Crippen LogP) is 6.09. The lowest BCUT2D eigenvalue weighted by Crippen LogP contribution is -2.07. The van der Waals surface area contributed by atoms with Gasteiger partial charge in [-0.1, -0.05) is 48.5 Å². The van der Waals surface area contributed by atoms with Gasteiger partial charge in [0, 0.05) is 25.3 Å². The third-order valence-corrected chi connectivity index (χ3v) is 5.82. The molecule has 6 heteroatoms. The Labute approximate surface area is 205 Å². The molecule has 0 aliphatic carbocycles. The van der Waals surface area contributed by atoms with Gasteiger partial charge < -0.3 is 29.3 Å². The standard InChI is InChI=1S/C29H29NO5/c1-30(2)22-13-10-20(11-14-22)23-17-26(33-3)27(28(32)29(23)34-4)21-12-15-25(24(31)16-21)35-18-19-8-6-5-7-9-19/h5-17,31-32H,18H2,1-4H3. The van der Waals surface area contributed by atoms with Crippen molar-refractivity contribution in [2.75, 3.05) is 33.2 Å². The smallest absolute Gasteiger partial charge is 0.170 e. The number of rotatable bonds is 8. The minimum Gasteiger partial charge on any atom is -0.504 e. The Morgan fingerprint density at radius 3 is 2.03 bits per heavy atom. The van der Waals surface area contributed by atoms with E-state index in [4.69, 9.17) is 14.2 Å². The Bertz CT molecular complexity index is 1300. The lowest BCUT2D eigenvalue weighted by atomic mass is 9.96. The molecule has 0 fully saturated rings. The second-order valence-electron chi connectivity index (χ2n) is 8.28. The first kappa shape index (κ1) is 23.8. The first-order chi connectivity index (χ1) is 16.9. The van der Waals surface area contributed by atoms with Gasteiger partial charge in [0.05, 0.1) is 19.8 Å². The third-order valence-electron chi connectivity index (χ3n) is 5.82. The van der Waals surface area contributed by atoms with Gasteiger partial charge in [0.1, 0.15) is 12.4 Å². The van der Waals surface area contributed by atoms with Gasteiger partial charge >= 0.3 is 0 Å². The number of phenols is 2. The van der Waals surface area contributed by atoms with Gasteiger partial charge in [0.25, 0.3) is 0 Å². The summed E-state index contributed by atoms with van der Waals surface area (Å²) >= 11 is 0. The number of methoxy groups -OCH3 is 2. The van der Waals surface area contributed by atoms with E-state index in [2.05, 4.69) is 0 Å². The summed E-state index contributed by atoms with van der Waals surface area (Å²) in [4.78, 5) is 2.02. The Kier molecular flexibility index (Phi) is 7.01. The minimum atomic E-state index is -0.0732. The van der Waals surface area contributed by atoms with Crippen molar-refractivity contribution in [1.29, 1.82) is 0 Å². The van der Waals surface area contributed by atoms with E-state index in [1.807, 2.05) is 79.7 Å². The molecule has 0 amide bonds. The summed E-state index contributed by atoms with van der Waals surface area (Å²) in [6.45, 7) is 0.331. The normalized spacial score (nSPS) is 10.6. The summed E-state index contributed by atoms with van der Waals surface area (Å²) in [5.74, 6) is 1.01. The van der Waals surface area contributed by atoms with E-state index in [9.17, 15) is 10.2 Å². The molecule has 0 unspecified atom stereocenters. The van der Waals surface area contributed by atoms with Crippen LogP contribution in [0, 0.1) is 0 Å². The second kappa shape index (κ2) is 10.3. The molecule has 0 heterocycles. The van der Waals surface area contributed by atoms with Crippen LogP contribution in [0.4, 0.5) is 5.69 Å². The molecule has 4 rings (SSSR count). The Balaban J connectivity index is 1.71. The molecule has 0 aromatic heterocycles. The Hall–Kier alpha value is -4.32. The summed E-state index contributed by atoms with van der Waals surface area (Å²) in [5, 5.41) is 21.9. The van der Waals surface area contributed by atoms with Crippen LogP contribution in [0.2, 0.25) is 0 Å². The summed E-state index contributed by atoms with van der Waals surface area (Å²) < 4.78 is 17.0. The molecule has 0 saturated heterocycles. The molecule has 4 aromatic rings. The molecule has 2 N–H and O–H groups in total. The first-order valence-corrected chi connectivity index (χ1v) is 11.2. The summed E-state index contributed by atoms with van der Waals surface area (Å²) in [6.07, 6.45) is 0. The number of aromatic hydroxyl groups is 2. The van der Waals surface area contributed by atoms with Gasteiger partial charge in [0.2, 0.25) is 0 Å². The fraction of sp³-hybridized carbons (Fsp3) is 0.172. The van der Waals surface area contributed by atoms with Gasteiger partial charge in [-0.3, -0.25) is 0 Å². The number of phenolic OH excluding ortho intramolecular Hbond substituents is 2. The van der Waals surface area contributed by atoms with Gasteiger partial charge in [-0.25, -0.2) is 0 Å². The average molecular weight is 472 g/mol. The van der Waals surface area contributed by atoms with Crippen LogP contribution >= 0.6 is 0 Å². The highest BCUT2D eigenvalue weighted by molar-refractivity contribution is 5.88. The van der Waals surface area contributed by atoms with Crippen LogP contribution in [0.3, 0.4) is 0 Å². The van der Waals surface area contributed by atoms with Crippen molar-refractivity contribution >= 4 is 5.69 Å². The van der Waals surface area contributed by atoms with E-state index in [1.165, 1.54) is 7.11 Å². The van der Waals surface area contributed by atoms with Crippen LogP contribution in [0.25, 0.3) is 22.3 Å². The third kappa shape index (κ3) is 4.96. The molecular weight excluding hydrogens is 442 g/mol. The summed E-state index contributed by atoms with van der Waals surface area (Å²) in [6, 6.07) is 24.5. The number of hydrogen-bond donors (Lipinski definition) is 2. The molecular formula is C29H29NO5. The highest BCUT2D eigenvalue weighted by atomic mass is 16.5. The van der Waals surface area contributed by atoms with Gasteiger partial charge in [0.15, 0.2) is 23.0 Å². The van der Waals surface area contributed by atoms with E-state index < -0.39 is 0 Å². The molecule has 0 spiro atoms. The maximum atomic E-state index is 11.2. The monoisotopic (exact) mass is 471 g/mol. The molecule has 0 atom stereocenters. The van der Waals surface area contributed by atoms with Crippen LogP contribution in [0.15, 0.2) is 78.9 Å². The van der Waals surface area contributed by atoms with E-state index in [0.717, 1.165) is 16.8 Å². The summed E-state index contributed by atoms with van der Waals surface area (Å²) in [7, 11) is 7.02. The minimum absolute atomic E-state index is 0.0396. The zero-order chi connectivity index (χ0) is 24.9. The second-order valence-corrected chi connectivity index (χ2v) is 8.28. The van der Waals surface area contributed by atoms with E-state index in [0.29, 0.717) is 40.5 Å². The van der Waals surface area contributed by atoms with Crippen LogP contribution < -0.4 is 19.1 Å². The van der Waals surface area contributed by atoms with Crippen molar-refractivity contribution in [3.8, 4) is 51.0 Å². The Morgan fingerprint density at radius 2 is 1.43 bits per heavy atom. The molecule has 0 aliphatic rings. The number of anilines is 1. The van der Waals surface area contributed by atoms with Crippen molar-refractivity contribution < 1.29 is 24.4 Å². The van der Waals surface area contributed by atoms with Crippen LogP contribution in [0.1, 0.15) is 5.56 Å². The maximum absolute atomic E-state index is 11.2. The van der Waals surface area contributed by atoms with Crippen molar-refractivity contribution in [2.24, 2.45) is 0 Å². The van der Waals surface area contributed by atoms with Crippen molar-refractivity contribution in [3.05, 3.63) is 84.4 Å². The van der Waals surface area contributed by atoms with Crippen molar-refractivity contribution in [2.45, 2.75) is 6.61 Å². The number of benzene rings is 4. The SMILES string of the molecule is COc1cc(-c2ccc(N(C)C)cc2)c(OC)c(O)c1-c1ccc(OCc2ccccc2)c(O)c1. The molecule has 0 aliphatic heterocycles. The molecule has 0 bridgehead atoms. The number of ether oxygens (including phenoxy) is 3. The summed E-state index contributed by atoms with van der Waals surface area (Å²) in [5.41, 5.74) is 4.61. The quantitative estimate of drug-likeness (QED) is 0.324. The average Bonchev–Trinajstić information content (AvgIpc) is 2.88. The van der Waals surface area contributed by atoms with Crippen molar-refractivity contribution in [1.82, 2.24) is 0 Å². The zero-order valence-electron chi connectivity index (χ0n) is 20.3. The highest BCUT2D eigenvalue weighted by Gasteiger charge is 2.22. The lowest BCUT2D eigenvalue weighted by molar-refractivity contribution is 0.289. The van der Waals surface area contributed by atoms with Gasteiger partial charge in [-0.2, -0.15) is 0 Å². The van der Waals surface area contributed by atoms with Crippen LogP contribution in [-0.2, 0) is 6.61 Å². The lowest BCUT2D eigenvalue weighted by Gasteiger charge is -2.19. The predicted molar refractivity (Wildman–Crippen MR) is 139 cm³/mol. The molecule has 4 aromatic carbocycles. The maximum Gasteiger partial charge on any atom is 0.170 e. The molecule has 0 saturated carbocycles. The fourth-order valence-corrected chi connectivity index (χ4v) is 3.96. The Morgan fingerprint density at radius 1 is 0.743 bits per heavy atom. The molecule has 6 nitrogen and oxygen atoms in total. The van der Waals surface area contributed by atoms with Crippen LogP contribution in [0.5, 0.6) is 28.7 Å². The van der Waals surface area contributed by atoms with E-state index in [1.54, 1.807) is 25.3 Å². The molecule has 0 radical (unpaired) electrons. The largest absolute Gasteiger partial charge is 0.504 e. The van der Waals surface area contributed by atoms with Gasteiger partial charge in [-0.05, 0) is 47.0 Å². The number of nitrogens with zero attached hydrogens (tertiary/aromatic N) is 1. The van der Waals surface area contributed by atoms with E-state index in [-0.39, 0.29) is 11.5 Å². The topological polar surface area (TPSA) is 71.4 Å². The van der Waals surface area contributed by atoms with E-state index >= 15 is 0 Å². The number of hydrogen-bond acceptors (Lipinski definition) is 6. The van der Waals surface area contributed by atoms with Gasteiger partial charge in [-0.15, -0.1) is 0 Å². The zero-order valence-corrected chi connectivity index (χ0v) is 20.3.